The highest BCUT2D eigenvalue weighted by molar-refractivity contribution is 7.99. The number of rotatable bonds is 7. The summed E-state index contributed by atoms with van der Waals surface area (Å²) in [7, 11) is 0. The maximum Gasteiger partial charge on any atom is 0.263 e. The van der Waals surface area contributed by atoms with Gasteiger partial charge in [-0.2, -0.15) is 0 Å². The summed E-state index contributed by atoms with van der Waals surface area (Å²) >= 11 is 9.05. The minimum absolute atomic E-state index is 0.0315. The molecule has 1 N–H and O–H groups in total. The molecule has 4 rings (SSSR count). The van der Waals surface area contributed by atoms with Crippen molar-refractivity contribution in [2.45, 2.75) is 44.4 Å². The minimum Gasteiger partial charge on any atom is -0.351 e. The molecule has 0 radical (unpaired) electrons. The van der Waals surface area contributed by atoms with Gasteiger partial charge in [-0.3, -0.25) is 14.2 Å². The number of hydrogen-bond acceptors (Lipinski definition) is 5. The van der Waals surface area contributed by atoms with Crippen molar-refractivity contribution in [1.29, 1.82) is 0 Å². The maximum atomic E-state index is 13.3. The molecule has 0 aliphatic heterocycles. The summed E-state index contributed by atoms with van der Waals surface area (Å²) in [5.74, 6) is 0.664. The van der Waals surface area contributed by atoms with Crippen LogP contribution in [0.25, 0.3) is 10.2 Å². The molecule has 1 aromatic carbocycles. The molecule has 8 heteroatoms. The Balaban J connectivity index is 1.54. The number of fused-ring (bicyclic) bond motifs is 3. The van der Waals surface area contributed by atoms with Crippen LogP contribution in [0.2, 0.25) is 5.02 Å². The number of amides is 1. The summed E-state index contributed by atoms with van der Waals surface area (Å²) in [5, 5.41) is 4.81. The summed E-state index contributed by atoms with van der Waals surface area (Å²) < 4.78 is 1.63. The van der Waals surface area contributed by atoms with E-state index in [0.717, 1.165) is 35.0 Å². The second kappa shape index (κ2) is 9.59. The van der Waals surface area contributed by atoms with Gasteiger partial charge in [-0.15, -0.1) is 17.9 Å². The molecule has 31 heavy (non-hydrogen) atoms. The Bertz CT molecular complexity index is 1200. The lowest BCUT2D eigenvalue weighted by atomic mass is 9.89. The van der Waals surface area contributed by atoms with Crippen LogP contribution < -0.4 is 10.9 Å². The quantitative estimate of drug-likeness (QED) is 0.303. The van der Waals surface area contributed by atoms with Crippen LogP contribution in [0, 0.1) is 5.92 Å². The van der Waals surface area contributed by atoms with Crippen LogP contribution in [0.3, 0.4) is 0 Å². The van der Waals surface area contributed by atoms with Crippen molar-refractivity contribution in [1.82, 2.24) is 14.9 Å². The lowest BCUT2D eigenvalue weighted by Crippen LogP contribution is -2.27. The Morgan fingerprint density at radius 3 is 3.03 bits per heavy atom. The first-order chi connectivity index (χ1) is 15.0. The average molecular weight is 474 g/mol. The summed E-state index contributed by atoms with van der Waals surface area (Å²) in [6.07, 6.45) is 4.72. The largest absolute Gasteiger partial charge is 0.351 e. The van der Waals surface area contributed by atoms with Gasteiger partial charge in [0.05, 0.1) is 11.1 Å². The number of aryl methyl sites for hydroxylation is 1. The lowest BCUT2D eigenvalue weighted by molar-refractivity contribution is -0.118. The van der Waals surface area contributed by atoms with Gasteiger partial charge in [0.1, 0.15) is 4.83 Å². The molecule has 0 spiro atoms. The molecule has 3 aromatic rings. The molecule has 0 bridgehead atoms. The van der Waals surface area contributed by atoms with Gasteiger partial charge in [0.2, 0.25) is 5.91 Å². The van der Waals surface area contributed by atoms with E-state index in [9.17, 15) is 9.59 Å². The number of carbonyl (C=O) groups is 1. The number of nitrogens with one attached hydrogen (secondary N) is 1. The van der Waals surface area contributed by atoms with E-state index in [1.807, 2.05) is 18.2 Å². The highest BCUT2D eigenvalue weighted by Crippen LogP contribution is 2.36. The number of thioether (sulfide) groups is 1. The number of halogens is 1. The fraction of sp³-hybridized carbons (Fsp3) is 0.348. The predicted octanol–water partition coefficient (Wildman–Crippen LogP) is 4.83. The first kappa shape index (κ1) is 22.1. The molecule has 0 saturated carbocycles. The van der Waals surface area contributed by atoms with Gasteiger partial charge in [-0.25, -0.2) is 4.98 Å². The van der Waals surface area contributed by atoms with Crippen molar-refractivity contribution >= 4 is 50.8 Å². The summed E-state index contributed by atoms with van der Waals surface area (Å²) in [6, 6.07) is 7.42. The molecule has 1 atom stereocenters. The molecule has 162 valence electrons. The second-order valence-corrected chi connectivity index (χ2v) is 10.2. The third kappa shape index (κ3) is 4.73. The van der Waals surface area contributed by atoms with Crippen molar-refractivity contribution in [3.8, 4) is 0 Å². The van der Waals surface area contributed by atoms with Crippen LogP contribution in [-0.2, 0) is 30.7 Å². The summed E-state index contributed by atoms with van der Waals surface area (Å²) in [5.41, 5.74) is 2.00. The van der Waals surface area contributed by atoms with Crippen molar-refractivity contribution in [2.24, 2.45) is 5.92 Å². The van der Waals surface area contributed by atoms with Crippen molar-refractivity contribution in [2.75, 3.05) is 5.75 Å². The Hall–Kier alpha value is -2.09. The Morgan fingerprint density at radius 2 is 2.26 bits per heavy atom. The zero-order valence-corrected chi connectivity index (χ0v) is 19.7. The van der Waals surface area contributed by atoms with E-state index in [4.69, 9.17) is 16.6 Å². The van der Waals surface area contributed by atoms with Crippen LogP contribution in [0.1, 0.15) is 29.3 Å². The van der Waals surface area contributed by atoms with Crippen molar-refractivity contribution < 1.29 is 4.79 Å². The number of carbonyl (C=O) groups excluding carboxylic acids is 1. The van der Waals surface area contributed by atoms with Gasteiger partial charge in [-0.1, -0.05) is 54.6 Å². The zero-order valence-electron chi connectivity index (χ0n) is 17.3. The number of hydrogen-bond donors (Lipinski definition) is 1. The molecular formula is C23H24ClN3O2S2. The second-order valence-electron chi connectivity index (χ2n) is 7.79. The fourth-order valence-electron chi connectivity index (χ4n) is 3.82. The van der Waals surface area contributed by atoms with E-state index in [1.54, 1.807) is 28.0 Å². The number of allylic oxidation sites excluding steroid dienone is 1. The van der Waals surface area contributed by atoms with Crippen LogP contribution in [0.5, 0.6) is 0 Å². The lowest BCUT2D eigenvalue weighted by Gasteiger charge is -2.17. The minimum atomic E-state index is -0.135. The first-order valence-corrected chi connectivity index (χ1v) is 12.4. The number of benzene rings is 1. The SMILES string of the molecule is C=CCn1c(SCC(=O)NCc2ccccc2Cl)nc2sc3c(c2c1=O)CCC(C)C3. The van der Waals surface area contributed by atoms with Gasteiger partial charge in [0, 0.05) is 23.0 Å². The Kier molecular flexibility index (Phi) is 6.84. The molecule has 0 fully saturated rings. The predicted molar refractivity (Wildman–Crippen MR) is 129 cm³/mol. The average Bonchev–Trinajstić information content (AvgIpc) is 3.11. The van der Waals surface area contributed by atoms with Gasteiger partial charge >= 0.3 is 0 Å². The first-order valence-electron chi connectivity index (χ1n) is 10.3. The van der Waals surface area contributed by atoms with E-state index in [0.29, 0.717) is 29.2 Å². The maximum absolute atomic E-state index is 13.3. The number of nitrogens with zero attached hydrogens (tertiary/aromatic N) is 2. The highest BCUT2D eigenvalue weighted by atomic mass is 35.5. The molecular weight excluding hydrogens is 450 g/mol. The van der Waals surface area contributed by atoms with Crippen LogP contribution >= 0.6 is 34.7 Å². The van der Waals surface area contributed by atoms with Gasteiger partial charge in [0.25, 0.3) is 5.56 Å². The molecule has 1 amide bonds. The van der Waals surface area contributed by atoms with E-state index >= 15 is 0 Å². The number of thiophene rings is 1. The van der Waals surface area contributed by atoms with Crippen LogP contribution in [0.4, 0.5) is 0 Å². The summed E-state index contributed by atoms with van der Waals surface area (Å²) in [6.45, 7) is 6.76. The molecule has 2 heterocycles. The highest BCUT2D eigenvalue weighted by Gasteiger charge is 2.24. The van der Waals surface area contributed by atoms with E-state index in [-0.39, 0.29) is 17.2 Å². The third-order valence-corrected chi connectivity index (χ3v) is 7.95. The van der Waals surface area contributed by atoms with Gasteiger partial charge in [0.15, 0.2) is 5.16 Å². The van der Waals surface area contributed by atoms with Gasteiger partial charge in [-0.05, 0) is 42.4 Å². The van der Waals surface area contributed by atoms with Crippen LogP contribution in [0.15, 0.2) is 46.9 Å². The van der Waals surface area contributed by atoms with Crippen molar-refractivity contribution in [3.63, 3.8) is 0 Å². The van der Waals surface area contributed by atoms with Gasteiger partial charge < -0.3 is 5.32 Å². The van der Waals surface area contributed by atoms with Crippen LogP contribution in [-0.4, -0.2) is 21.2 Å². The smallest absolute Gasteiger partial charge is 0.263 e. The summed E-state index contributed by atoms with van der Waals surface area (Å²) in [4.78, 5) is 32.6. The standard InChI is InChI=1S/C23H24ClN3O2S2/c1-3-10-27-22(29)20-16-9-8-14(2)11-18(16)31-21(20)26-23(27)30-13-19(28)25-12-15-6-4-5-7-17(15)24/h3-7,14H,1,8-13H2,2H3,(H,25,28). The van der Waals surface area contributed by atoms with Crippen molar-refractivity contribution in [3.05, 3.63) is 68.3 Å². The van der Waals surface area contributed by atoms with E-state index in [1.165, 1.54) is 22.2 Å². The Morgan fingerprint density at radius 1 is 1.45 bits per heavy atom. The van der Waals surface area contributed by atoms with E-state index < -0.39 is 0 Å². The molecule has 1 aliphatic carbocycles. The molecule has 0 saturated heterocycles. The normalized spacial score (nSPS) is 15.6. The van der Waals surface area contributed by atoms with E-state index in [2.05, 4.69) is 18.8 Å². The topological polar surface area (TPSA) is 64.0 Å². The molecule has 2 aromatic heterocycles. The third-order valence-electron chi connectivity index (χ3n) is 5.46. The Labute approximate surface area is 194 Å². The zero-order chi connectivity index (χ0) is 22.0. The number of aromatic nitrogens is 2. The molecule has 1 aliphatic rings. The molecule has 1 unspecified atom stereocenters. The fourth-order valence-corrected chi connectivity index (χ4v) is 6.29. The molecule has 5 nitrogen and oxygen atoms in total. The monoisotopic (exact) mass is 473 g/mol.